The summed E-state index contributed by atoms with van der Waals surface area (Å²) in [6.45, 7) is 2.04. The molecule has 2 aromatic carbocycles. The van der Waals surface area contributed by atoms with Gasteiger partial charge in [-0.15, -0.1) is 5.10 Å². The van der Waals surface area contributed by atoms with Crippen LogP contribution in [-0.4, -0.2) is 26.1 Å². The molecule has 3 rings (SSSR count). The van der Waals surface area contributed by atoms with E-state index in [0.29, 0.717) is 17.1 Å². The average molecular weight is 311 g/mol. The van der Waals surface area contributed by atoms with E-state index in [1.807, 2.05) is 25.1 Å². The summed E-state index contributed by atoms with van der Waals surface area (Å²) in [5.74, 6) is -0.0773. The van der Waals surface area contributed by atoms with Crippen LogP contribution in [0.4, 0.5) is 4.39 Å². The molecule has 0 bridgehead atoms. The van der Waals surface area contributed by atoms with Gasteiger partial charge in [0.05, 0.1) is 12.2 Å². The third-order valence-corrected chi connectivity index (χ3v) is 3.40. The predicted octanol–water partition coefficient (Wildman–Crippen LogP) is 2.04. The van der Waals surface area contributed by atoms with Crippen molar-refractivity contribution in [1.29, 1.82) is 0 Å². The Labute approximate surface area is 132 Å². The number of hydrogen-bond acceptors (Lipinski definition) is 4. The molecule has 1 amide bonds. The van der Waals surface area contributed by atoms with Gasteiger partial charge in [-0.05, 0) is 53.2 Å². The van der Waals surface area contributed by atoms with E-state index in [2.05, 4.69) is 20.8 Å². The highest BCUT2D eigenvalue weighted by atomic mass is 19.1. The monoisotopic (exact) mass is 311 g/mol. The molecule has 3 aromatic rings. The number of aromatic nitrogens is 4. The normalized spacial score (nSPS) is 10.5. The Morgan fingerprint density at radius 3 is 2.65 bits per heavy atom. The molecule has 116 valence electrons. The van der Waals surface area contributed by atoms with E-state index in [9.17, 15) is 9.18 Å². The Morgan fingerprint density at radius 1 is 1.17 bits per heavy atom. The average Bonchev–Trinajstić information content (AvgIpc) is 3.02. The summed E-state index contributed by atoms with van der Waals surface area (Å²) in [5, 5.41) is 14.2. The zero-order chi connectivity index (χ0) is 16.2. The summed E-state index contributed by atoms with van der Waals surface area (Å²) in [6.07, 6.45) is 0. The molecule has 0 aliphatic heterocycles. The van der Waals surface area contributed by atoms with E-state index in [4.69, 9.17) is 0 Å². The van der Waals surface area contributed by atoms with Crippen LogP contribution in [0.5, 0.6) is 0 Å². The molecule has 0 aliphatic rings. The van der Waals surface area contributed by atoms with Gasteiger partial charge in [-0.1, -0.05) is 18.2 Å². The molecule has 6 nitrogen and oxygen atoms in total. The number of hydrogen-bond donors (Lipinski definition) is 1. The molecule has 0 fully saturated rings. The van der Waals surface area contributed by atoms with Crippen LogP contribution in [-0.2, 0) is 6.54 Å². The number of halogens is 1. The van der Waals surface area contributed by atoms with E-state index in [0.717, 1.165) is 5.56 Å². The molecule has 0 aliphatic carbocycles. The Balaban J connectivity index is 1.75. The summed E-state index contributed by atoms with van der Waals surface area (Å²) in [6, 6.07) is 13.1. The van der Waals surface area contributed by atoms with Gasteiger partial charge in [0.25, 0.3) is 5.91 Å². The molecule has 0 saturated heterocycles. The number of nitrogens with zero attached hydrogens (tertiary/aromatic N) is 4. The first kappa shape index (κ1) is 14.8. The van der Waals surface area contributed by atoms with Crippen molar-refractivity contribution in [1.82, 2.24) is 25.5 Å². The largest absolute Gasteiger partial charge is 0.345 e. The summed E-state index contributed by atoms with van der Waals surface area (Å²) in [5.41, 5.74) is 2.12. The van der Waals surface area contributed by atoms with Gasteiger partial charge in [-0.3, -0.25) is 4.79 Å². The minimum Gasteiger partial charge on any atom is -0.345 e. The van der Waals surface area contributed by atoms with Crippen LogP contribution in [0, 0.1) is 12.7 Å². The van der Waals surface area contributed by atoms with Gasteiger partial charge in [0.15, 0.2) is 5.82 Å². The van der Waals surface area contributed by atoms with Crippen molar-refractivity contribution in [2.45, 2.75) is 13.5 Å². The fourth-order valence-corrected chi connectivity index (χ4v) is 2.18. The van der Waals surface area contributed by atoms with E-state index in [-0.39, 0.29) is 18.3 Å². The highest BCUT2D eigenvalue weighted by molar-refractivity contribution is 5.95. The van der Waals surface area contributed by atoms with Crippen LogP contribution >= 0.6 is 0 Å². The quantitative estimate of drug-likeness (QED) is 0.800. The Hall–Kier alpha value is -3.09. The van der Waals surface area contributed by atoms with Crippen molar-refractivity contribution < 1.29 is 9.18 Å². The SMILES string of the molecule is Cc1ccccc1C(=O)NCc1nnnn1-c1ccc(F)cc1. The van der Waals surface area contributed by atoms with Gasteiger partial charge in [-0.2, -0.15) is 4.68 Å². The molecular formula is C16H14FN5O. The topological polar surface area (TPSA) is 72.7 Å². The van der Waals surface area contributed by atoms with Gasteiger partial charge < -0.3 is 5.32 Å². The van der Waals surface area contributed by atoms with Gasteiger partial charge in [0, 0.05) is 5.56 Å². The second kappa shape index (κ2) is 6.35. The van der Waals surface area contributed by atoms with Gasteiger partial charge in [-0.25, -0.2) is 4.39 Å². The molecule has 1 heterocycles. The molecule has 0 unspecified atom stereocenters. The Kier molecular flexibility index (Phi) is 4.09. The minimum absolute atomic E-state index is 0.164. The zero-order valence-electron chi connectivity index (χ0n) is 12.4. The minimum atomic E-state index is -0.337. The van der Waals surface area contributed by atoms with Gasteiger partial charge in [0.1, 0.15) is 5.82 Å². The number of tetrazole rings is 1. The van der Waals surface area contributed by atoms with Crippen LogP contribution in [0.3, 0.4) is 0 Å². The van der Waals surface area contributed by atoms with Crippen LogP contribution in [0.15, 0.2) is 48.5 Å². The second-order valence-corrected chi connectivity index (χ2v) is 4.98. The number of nitrogens with one attached hydrogen (secondary N) is 1. The number of rotatable bonds is 4. The third kappa shape index (κ3) is 3.23. The lowest BCUT2D eigenvalue weighted by Gasteiger charge is -2.08. The third-order valence-electron chi connectivity index (χ3n) is 3.40. The highest BCUT2D eigenvalue weighted by Gasteiger charge is 2.12. The fraction of sp³-hybridized carbons (Fsp3) is 0.125. The molecule has 0 radical (unpaired) electrons. The fourth-order valence-electron chi connectivity index (χ4n) is 2.18. The molecule has 1 N–H and O–H groups in total. The predicted molar refractivity (Wildman–Crippen MR) is 81.5 cm³/mol. The smallest absolute Gasteiger partial charge is 0.251 e. The van der Waals surface area contributed by atoms with Crippen molar-refractivity contribution in [3.05, 3.63) is 71.3 Å². The first-order valence-electron chi connectivity index (χ1n) is 7.02. The van der Waals surface area contributed by atoms with Crippen LogP contribution in [0.2, 0.25) is 0 Å². The molecular weight excluding hydrogens is 297 g/mol. The number of carbonyl (C=O) groups excluding carboxylic acids is 1. The van der Waals surface area contributed by atoms with Gasteiger partial charge in [0.2, 0.25) is 0 Å². The van der Waals surface area contributed by atoms with E-state index < -0.39 is 0 Å². The van der Waals surface area contributed by atoms with E-state index in [1.165, 1.54) is 16.8 Å². The van der Waals surface area contributed by atoms with Crippen LogP contribution in [0.25, 0.3) is 5.69 Å². The first-order chi connectivity index (χ1) is 11.1. The van der Waals surface area contributed by atoms with Crippen molar-refractivity contribution >= 4 is 5.91 Å². The van der Waals surface area contributed by atoms with Crippen molar-refractivity contribution in [2.24, 2.45) is 0 Å². The lowest BCUT2D eigenvalue weighted by molar-refractivity contribution is 0.0949. The number of aryl methyl sites for hydroxylation is 1. The standard InChI is InChI=1S/C16H14FN5O/c1-11-4-2-3-5-14(11)16(23)18-10-15-19-20-21-22(15)13-8-6-12(17)7-9-13/h2-9H,10H2,1H3,(H,18,23). The molecule has 1 aromatic heterocycles. The Bertz CT molecular complexity index is 828. The maximum Gasteiger partial charge on any atom is 0.251 e. The molecule has 0 saturated carbocycles. The summed E-state index contributed by atoms with van der Waals surface area (Å²) in [4.78, 5) is 12.2. The van der Waals surface area contributed by atoms with E-state index in [1.54, 1.807) is 18.2 Å². The summed E-state index contributed by atoms with van der Waals surface area (Å²) in [7, 11) is 0. The summed E-state index contributed by atoms with van der Waals surface area (Å²) >= 11 is 0. The molecule has 0 spiro atoms. The Morgan fingerprint density at radius 2 is 1.91 bits per heavy atom. The molecule has 0 atom stereocenters. The van der Waals surface area contributed by atoms with Crippen molar-refractivity contribution in [3.8, 4) is 5.69 Å². The maximum atomic E-state index is 13.0. The van der Waals surface area contributed by atoms with Crippen molar-refractivity contribution in [3.63, 3.8) is 0 Å². The number of carbonyl (C=O) groups is 1. The highest BCUT2D eigenvalue weighted by Crippen LogP contribution is 2.10. The number of benzene rings is 2. The zero-order valence-corrected chi connectivity index (χ0v) is 12.4. The molecule has 7 heteroatoms. The van der Waals surface area contributed by atoms with Crippen LogP contribution < -0.4 is 5.32 Å². The van der Waals surface area contributed by atoms with Crippen LogP contribution in [0.1, 0.15) is 21.7 Å². The lowest BCUT2D eigenvalue weighted by Crippen LogP contribution is -2.25. The summed E-state index contributed by atoms with van der Waals surface area (Å²) < 4.78 is 14.4. The second-order valence-electron chi connectivity index (χ2n) is 4.98. The number of amides is 1. The first-order valence-corrected chi connectivity index (χ1v) is 7.02. The lowest BCUT2D eigenvalue weighted by atomic mass is 10.1. The van der Waals surface area contributed by atoms with Gasteiger partial charge >= 0.3 is 0 Å². The van der Waals surface area contributed by atoms with Crippen molar-refractivity contribution in [2.75, 3.05) is 0 Å². The van der Waals surface area contributed by atoms with E-state index >= 15 is 0 Å². The molecule has 23 heavy (non-hydrogen) atoms. The maximum absolute atomic E-state index is 13.0.